The summed E-state index contributed by atoms with van der Waals surface area (Å²) < 4.78 is 23.1. The Bertz CT molecular complexity index is 1150. The fraction of sp³-hybridized carbons (Fsp3) is 0.500. The Morgan fingerprint density at radius 1 is 0.579 bits per heavy atom. The summed E-state index contributed by atoms with van der Waals surface area (Å²) in [6.45, 7) is 8.87. The molecule has 0 N–H and O–H groups in total. The topological polar surface area (TPSA) is 71.1 Å². The number of fused-ring (bicyclic) bond motifs is 2. The first kappa shape index (κ1) is 29.3. The minimum absolute atomic E-state index is 0.173. The van der Waals surface area contributed by atoms with E-state index >= 15 is 0 Å². The van der Waals surface area contributed by atoms with E-state index in [-0.39, 0.29) is 25.2 Å². The lowest BCUT2D eigenvalue weighted by molar-refractivity contribution is -0.147. The van der Waals surface area contributed by atoms with Gasteiger partial charge in [0.1, 0.15) is 11.5 Å². The molecular formula is C32H42O6. The number of hydrogen-bond donors (Lipinski definition) is 0. The summed E-state index contributed by atoms with van der Waals surface area (Å²) in [7, 11) is 0. The number of carbonyl (C=O) groups excluding carboxylic acids is 2. The first-order valence-corrected chi connectivity index (χ1v) is 14.1. The SMILES string of the molecule is CCCCCOC(=O)COc1c2ccc(CC)cc2c(OCC(=O)OCCCCC)c2cc(CC)ccc12. The lowest BCUT2D eigenvalue weighted by atomic mass is 9.96. The quantitative estimate of drug-likeness (QED) is 0.111. The molecule has 0 fully saturated rings. The van der Waals surface area contributed by atoms with Crippen LogP contribution in [0.5, 0.6) is 11.5 Å². The molecule has 0 heterocycles. The Morgan fingerprint density at radius 3 is 1.39 bits per heavy atom. The van der Waals surface area contributed by atoms with Crippen LogP contribution in [0.4, 0.5) is 0 Å². The Morgan fingerprint density at radius 2 is 1.00 bits per heavy atom. The highest BCUT2D eigenvalue weighted by Crippen LogP contribution is 2.43. The monoisotopic (exact) mass is 522 g/mol. The van der Waals surface area contributed by atoms with Crippen molar-refractivity contribution < 1.29 is 28.5 Å². The molecule has 3 aromatic carbocycles. The number of rotatable bonds is 16. The molecule has 0 saturated heterocycles. The van der Waals surface area contributed by atoms with Gasteiger partial charge in [-0.25, -0.2) is 9.59 Å². The lowest BCUT2D eigenvalue weighted by Gasteiger charge is -2.19. The van der Waals surface area contributed by atoms with Gasteiger partial charge in [0, 0.05) is 21.5 Å². The highest BCUT2D eigenvalue weighted by molar-refractivity contribution is 6.11. The molecule has 0 spiro atoms. The van der Waals surface area contributed by atoms with E-state index in [1.807, 2.05) is 12.1 Å². The van der Waals surface area contributed by atoms with Gasteiger partial charge < -0.3 is 18.9 Å². The highest BCUT2D eigenvalue weighted by Gasteiger charge is 2.19. The predicted octanol–water partition coefficient (Wildman–Crippen LogP) is 7.34. The standard InChI is InChI=1S/C32H42O6/c1-5-9-11-17-35-29(33)21-37-31-25-15-13-23(7-3)19-27(25)32(28-20-24(8-4)14-16-26(28)31)38-22-30(34)36-18-12-10-6-2/h13-16,19-20H,5-12,17-18,21-22H2,1-4H3. The molecule has 6 heteroatoms. The van der Waals surface area contributed by atoms with E-state index in [0.717, 1.165) is 84.0 Å². The molecule has 0 unspecified atom stereocenters. The van der Waals surface area contributed by atoms with Crippen LogP contribution in [-0.4, -0.2) is 38.4 Å². The molecule has 0 aliphatic heterocycles. The third-order valence-electron chi connectivity index (χ3n) is 6.65. The van der Waals surface area contributed by atoms with Gasteiger partial charge in [-0.05, 0) is 48.9 Å². The summed E-state index contributed by atoms with van der Waals surface area (Å²) in [4.78, 5) is 24.8. The molecule has 0 aromatic heterocycles. The third kappa shape index (κ3) is 7.86. The first-order chi connectivity index (χ1) is 18.5. The third-order valence-corrected chi connectivity index (χ3v) is 6.65. The van der Waals surface area contributed by atoms with Crippen LogP contribution in [0.3, 0.4) is 0 Å². The second-order valence-electron chi connectivity index (χ2n) is 9.56. The summed E-state index contributed by atoms with van der Waals surface area (Å²) in [5.74, 6) is 0.469. The number of carbonyl (C=O) groups is 2. The normalized spacial score (nSPS) is 11.1. The molecule has 0 amide bonds. The summed E-state index contributed by atoms with van der Waals surface area (Å²) in [6.07, 6.45) is 7.58. The second kappa shape index (κ2) is 15.2. The van der Waals surface area contributed by atoms with Crippen molar-refractivity contribution in [2.24, 2.45) is 0 Å². The van der Waals surface area contributed by atoms with E-state index in [4.69, 9.17) is 18.9 Å². The number of ether oxygens (including phenoxy) is 4. The van der Waals surface area contributed by atoms with Crippen LogP contribution in [-0.2, 0) is 31.9 Å². The first-order valence-electron chi connectivity index (χ1n) is 14.1. The van der Waals surface area contributed by atoms with Crippen LogP contribution in [0.15, 0.2) is 36.4 Å². The van der Waals surface area contributed by atoms with E-state index in [9.17, 15) is 9.59 Å². The minimum atomic E-state index is -0.385. The summed E-state index contributed by atoms with van der Waals surface area (Å²) in [6, 6.07) is 12.3. The maximum atomic E-state index is 12.4. The van der Waals surface area contributed by atoms with Crippen molar-refractivity contribution in [2.45, 2.75) is 79.1 Å². The van der Waals surface area contributed by atoms with Gasteiger partial charge in [-0.2, -0.15) is 0 Å². The van der Waals surface area contributed by atoms with Gasteiger partial charge in [-0.1, -0.05) is 77.6 Å². The fourth-order valence-corrected chi connectivity index (χ4v) is 4.42. The molecule has 0 atom stereocenters. The average Bonchev–Trinajstić information content (AvgIpc) is 2.94. The van der Waals surface area contributed by atoms with Crippen LogP contribution >= 0.6 is 0 Å². The number of unbranched alkanes of at least 4 members (excludes halogenated alkanes) is 4. The minimum Gasteiger partial charge on any atom is -0.481 e. The lowest BCUT2D eigenvalue weighted by Crippen LogP contribution is -2.17. The number of aryl methyl sites for hydroxylation is 2. The van der Waals surface area contributed by atoms with Crippen LogP contribution in [0, 0.1) is 0 Å². The van der Waals surface area contributed by atoms with Crippen molar-refractivity contribution >= 4 is 33.5 Å². The molecule has 6 nitrogen and oxygen atoms in total. The maximum absolute atomic E-state index is 12.4. The number of esters is 2. The number of benzene rings is 3. The zero-order valence-corrected chi connectivity index (χ0v) is 23.4. The smallest absolute Gasteiger partial charge is 0.344 e. The van der Waals surface area contributed by atoms with E-state index < -0.39 is 0 Å². The Kier molecular flexibility index (Phi) is 11.7. The maximum Gasteiger partial charge on any atom is 0.344 e. The molecular weight excluding hydrogens is 480 g/mol. The van der Waals surface area contributed by atoms with E-state index in [1.165, 1.54) is 0 Å². The van der Waals surface area contributed by atoms with E-state index in [1.54, 1.807) is 0 Å². The summed E-state index contributed by atoms with van der Waals surface area (Å²) in [5, 5.41) is 3.33. The molecule has 0 bridgehead atoms. The Hall–Kier alpha value is -3.28. The summed E-state index contributed by atoms with van der Waals surface area (Å²) >= 11 is 0. The molecule has 0 aliphatic carbocycles. The molecule has 0 saturated carbocycles. The van der Waals surface area contributed by atoms with Gasteiger partial charge in [0.05, 0.1) is 13.2 Å². The average molecular weight is 523 g/mol. The van der Waals surface area contributed by atoms with Gasteiger partial charge in [-0.15, -0.1) is 0 Å². The largest absolute Gasteiger partial charge is 0.481 e. The Labute approximate surface area is 226 Å². The molecule has 0 radical (unpaired) electrons. The second-order valence-corrected chi connectivity index (χ2v) is 9.56. The van der Waals surface area contributed by atoms with Crippen molar-refractivity contribution in [1.29, 1.82) is 0 Å². The number of hydrogen-bond acceptors (Lipinski definition) is 6. The van der Waals surface area contributed by atoms with Crippen molar-refractivity contribution in [3.8, 4) is 11.5 Å². The van der Waals surface area contributed by atoms with Crippen molar-refractivity contribution in [3.05, 3.63) is 47.5 Å². The highest BCUT2D eigenvalue weighted by atomic mass is 16.6. The van der Waals surface area contributed by atoms with Crippen molar-refractivity contribution in [1.82, 2.24) is 0 Å². The van der Waals surface area contributed by atoms with Crippen LogP contribution in [0.25, 0.3) is 21.5 Å². The van der Waals surface area contributed by atoms with Gasteiger partial charge in [0.15, 0.2) is 13.2 Å². The van der Waals surface area contributed by atoms with Crippen LogP contribution < -0.4 is 9.47 Å². The van der Waals surface area contributed by atoms with Gasteiger partial charge >= 0.3 is 11.9 Å². The zero-order valence-electron chi connectivity index (χ0n) is 23.4. The molecule has 206 valence electrons. The molecule has 3 rings (SSSR count). The van der Waals surface area contributed by atoms with Gasteiger partial charge in [-0.3, -0.25) is 0 Å². The van der Waals surface area contributed by atoms with E-state index in [0.29, 0.717) is 24.7 Å². The Balaban J connectivity index is 1.97. The van der Waals surface area contributed by atoms with Crippen LogP contribution in [0.2, 0.25) is 0 Å². The molecule has 3 aromatic rings. The fourth-order valence-electron chi connectivity index (χ4n) is 4.42. The zero-order chi connectivity index (χ0) is 27.3. The van der Waals surface area contributed by atoms with Gasteiger partial charge in [0.25, 0.3) is 0 Å². The molecule has 38 heavy (non-hydrogen) atoms. The predicted molar refractivity (Wildman–Crippen MR) is 152 cm³/mol. The van der Waals surface area contributed by atoms with Gasteiger partial charge in [0.2, 0.25) is 0 Å². The summed E-state index contributed by atoms with van der Waals surface area (Å²) in [5.41, 5.74) is 2.27. The van der Waals surface area contributed by atoms with Crippen LogP contribution in [0.1, 0.15) is 77.3 Å². The van der Waals surface area contributed by atoms with Crippen molar-refractivity contribution in [3.63, 3.8) is 0 Å². The molecule has 0 aliphatic rings. The van der Waals surface area contributed by atoms with Crippen molar-refractivity contribution in [2.75, 3.05) is 26.4 Å². The van der Waals surface area contributed by atoms with E-state index in [2.05, 4.69) is 52.0 Å².